The first-order valence-corrected chi connectivity index (χ1v) is 5.88. The summed E-state index contributed by atoms with van der Waals surface area (Å²) in [6, 6.07) is 6.46. The number of hydrogen-bond acceptors (Lipinski definition) is 3. The largest absolute Gasteiger partial charge is 0.492 e. The average Bonchev–Trinajstić information content (AvgIpc) is 2.79. The molecule has 1 amide bonds. The standard InChI is InChI=1S/C13H15NO4/c1-2-10(13(16)17)14-12(15)9-7-18-11-6-4-3-5-8(9)11/h3-6,9-10H,2,7H2,1H3,(H,14,15)(H,16,17)/t9?,10-/m1/s1. The SMILES string of the molecule is CC[C@@H](NC(=O)C1COc2ccccc21)C(=O)O. The van der Waals surface area contributed by atoms with Crippen LogP contribution in [0.25, 0.3) is 0 Å². The molecule has 0 spiro atoms. The van der Waals surface area contributed by atoms with Gasteiger partial charge in [0.05, 0.1) is 0 Å². The summed E-state index contributed by atoms with van der Waals surface area (Å²) in [4.78, 5) is 22.9. The average molecular weight is 249 g/mol. The van der Waals surface area contributed by atoms with Crippen molar-refractivity contribution in [1.82, 2.24) is 5.32 Å². The lowest BCUT2D eigenvalue weighted by Crippen LogP contribution is -2.42. The van der Waals surface area contributed by atoms with Crippen LogP contribution < -0.4 is 10.1 Å². The van der Waals surface area contributed by atoms with Crippen LogP contribution in [0, 0.1) is 0 Å². The second kappa shape index (κ2) is 5.08. The molecule has 96 valence electrons. The molecule has 0 radical (unpaired) electrons. The Kier molecular flexibility index (Phi) is 3.50. The summed E-state index contributed by atoms with van der Waals surface area (Å²) in [7, 11) is 0. The van der Waals surface area contributed by atoms with Gasteiger partial charge in [-0.1, -0.05) is 25.1 Å². The minimum atomic E-state index is -1.02. The number of carboxylic acids is 1. The van der Waals surface area contributed by atoms with E-state index in [-0.39, 0.29) is 12.5 Å². The lowest BCUT2D eigenvalue weighted by molar-refractivity contribution is -0.142. The molecule has 1 aliphatic rings. The summed E-state index contributed by atoms with van der Waals surface area (Å²) < 4.78 is 5.40. The predicted molar refractivity (Wildman–Crippen MR) is 64.5 cm³/mol. The number of aliphatic carboxylic acids is 1. The van der Waals surface area contributed by atoms with Gasteiger partial charge in [-0.05, 0) is 12.5 Å². The van der Waals surface area contributed by atoms with E-state index >= 15 is 0 Å². The quantitative estimate of drug-likeness (QED) is 0.839. The van der Waals surface area contributed by atoms with Crippen LogP contribution in [-0.4, -0.2) is 29.6 Å². The maximum atomic E-state index is 12.0. The number of rotatable bonds is 4. The highest BCUT2D eigenvalue weighted by Crippen LogP contribution is 2.33. The third kappa shape index (κ3) is 2.30. The van der Waals surface area contributed by atoms with Crippen molar-refractivity contribution in [2.24, 2.45) is 0 Å². The van der Waals surface area contributed by atoms with E-state index in [1.807, 2.05) is 18.2 Å². The second-order valence-electron chi connectivity index (χ2n) is 4.21. The van der Waals surface area contributed by atoms with Crippen LogP contribution >= 0.6 is 0 Å². The predicted octanol–water partition coefficient (Wildman–Crippen LogP) is 1.14. The molecule has 1 aromatic carbocycles. The van der Waals surface area contributed by atoms with Gasteiger partial charge in [-0.2, -0.15) is 0 Å². The van der Waals surface area contributed by atoms with E-state index in [9.17, 15) is 9.59 Å². The molecule has 1 unspecified atom stereocenters. The Morgan fingerprint density at radius 3 is 2.89 bits per heavy atom. The minimum Gasteiger partial charge on any atom is -0.492 e. The summed E-state index contributed by atoms with van der Waals surface area (Å²) in [5, 5.41) is 11.4. The van der Waals surface area contributed by atoms with Crippen molar-refractivity contribution in [3.05, 3.63) is 29.8 Å². The number of carbonyl (C=O) groups is 2. The molecule has 18 heavy (non-hydrogen) atoms. The molecule has 5 heteroatoms. The monoisotopic (exact) mass is 249 g/mol. The highest BCUT2D eigenvalue weighted by atomic mass is 16.5. The number of hydrogen-bond donors (Lipinski definition) is 2. The summed E-state index contributed by atoms with van der Waals surface area (Å²) in [6.45, 7) is 1.99. The van der Waals surface area contributed by atoms with Crippen LogP contribution in [0.4, 0.5) is 0 Å². The Morgan fingerprint density at radius 2 is 2.22 bits per heavy atom. The first-order chi connectivity index (χ1) is 8.63. The van der Waals surface area contributed by atoms with Crippen molar-refractivity contribution >= 4 is 11.9 Å². The molecule has 2 rings (SSSR count). The highest BCUT2D eigenvalue weighted by Gasteiger charge is 2.31. The molecule has 0 aliphatic carbocycles. The number of carboxylic acid groups (broad SMARTS) is 1. The molecular weight excluding hydrogens is 234 g/mol. The molecule has 5 nitrogen and oxygen atoms in total. The zero-order chi connectivity index (χ0) is 13.1. The van der Waals surface area contributed by atoms with Gasteiger partial charge in [0.2, 0.25) is 5.91 Å². The van der Waals surface area contributed by atoms with Crippen LogP contribution in [0.1, 0.15) is 24.8 Å². The van der Waals surface area contributed by atoms with E-state index in [1.54, 1.807) is 13.0 Å². The number of fused-ring (bicyclic) bond motifs is 1. The number of nitrogens with one attached hydrogen (secondary N) is 1. The van der Waals surface area contributed by atoms with Crippen molar-refractivity contribution in [2.75, 3.05) is 6.61 Å². The van der Waals surface area contributed by atoms with Gasteiger partial charge in [0.1, 0.15) is 24.3 Å². The molecule has 0 aromatic heterocycles. The molecule has 0 bridgehead atoms. The Balaban J connectivity index is 2.10. The van der Waals surface area contributed by atoms with Crippen molar-refractivity contribution in [2.45, 2.75) is 25.3 Å². The van der Waals surface area contributed by atoms with E-state index in [0.29, 0.717) is 12.2 Å². The number of para-hydroxylation sites is 1. The van der Waals surface area contributed by atoms with E-state index < -0.39 is 17.9 Å². The van der Waals surface area contributed by atoms with E-state index in [2.05, 4.69) is 5.32 Å². The van der Waals surface area contributed by atoms with Gasteiger partial charge in [-0.25, -0.2) is 4.79 Å². The molecule has 1 aliphatic heterocycles. The van der Waals surface area contributed by atoms with Crippen molar-refractivity contribution in [3.8, 4) is 5.75 Å². The summed E-state index contributed by atoms with van der Waals surface area (Å²) in [5.41, 5.74) is 0.815. The van der Waals surface area contributed by atoms with Crippen LogP contribution in [0.2, 0.25) is 0 Å². The maximum absolute atomic E-state index is 12.0. The van der Waals surface area contributed by atoms with Crippen molar-refractivity contribution in [1.29, 1.82) is 0 Å². The number of ether oxygens (including phenoxy) is 1. The van der Waals surface area contributed by atoms with Crippen molar-refractivity contribution in [3.63, 3.8) is 0 Å². The maximum Gasteiger partial charge on any atom is 0.326 e. The third-order valence-corrected chi connectivity index (χ3v) is 3.04. The normalized spacial score (nSPS) is 18.6. The van der Waals surface area contributed by atoms with Gasteiger partial charge < -0.3 is 15.2 Å². The fourth-order valence-electron chi connectivity index (χ4n) is 1.99. The molecule has 2 N–H and O–H groups in total. The number of benzene rings is 1. The van der Waals surface area contributed by atoms with Crippen molar-refractivity contribution < 1.29 is 19.4 Å². The Hall–Kier alpha value is -2.04. The summed E-state index contributed by atoms with van der Waals surface area (Å²) in [5.74, 6) is -1.04. The zero-order valence-electron chi connectivity index (χ0n) is 10.1. The lowest BCUT2D eigenvalue weighted by atomic mass is 10.00. The zero-order valence-corrected chi connectivity index (χ0v) is 10.1. The van der Waals surface area contributed by atoms with Gasteiger partial charge in [-0.3, -0.25) is 4.79 Å². The molecule has 0 saturated heterocycles. The van der Waals surface area contributed by atoms with Gasteiger partial charge in [0, 0.05) is 5.56 Å². The minimum absolute atomic E-state index is 0.265. The fourth-order valence-corrected chi connectivity index (χ4v) is 1.99. The molecular formula is C13H15NO4. The lowest BCUT2D eigenvalue weighted by Gasteiger charge is -2.15. The van der Waals surface area contributed by atoms with Crippen LogP contribution in [0.3, 0.4) is 0 Å². The van der Waals surface area contributed by atoms with Crippen LogP contribution in [0.15, 0.2) is 24.3 Å². The van der Waals surface area contributed by atoms with E-state index in [0.717, 1.165) is 5.56 Å². The van der Waals surface area contributed by atoms with Gasteiger partial charge in [-0.15, -0.1) is 0 Å². The molecule has 1 aromatic rings. The Bertz CT molecular complexity index is 472. The van der Waals surface area contributed by atoms with Gasteiger partial charge >= 0.3 is 5.97 Å². The van der Waals surface area contributed by atoms with Gasteiger partial charge in [0.25, 0.3) is 0 Å². The Morgan fingerprint density at radius 1 is 1.50 bits per heavy atom. The first-order valence-electron chi connectivity index (χ1n) is 5.88. The van der Waals surface area contributed by atoms with E-state index in [1.165, 1.54) is 0 Å². The number of carbonyl (C=O) groups excluding carboxylic acids is 1. The Labute approximate surface area is 105 Å². The topological polar surface area (TPSA) is 75.6 Å². The van der Waals surface area contributed by atoms with Crippen LogP contribution in [0.5, 0.6) is 5.75 Å². The van der Waals surface area contributed by atoms with Gasteiger partial charge in [0.15, 0.2) is 0 Å². The highest BCUT2D eigenvalue weighted by molar-refractivity contribution is 5.89. The fraction of sp³-hybridized carbons (Fsp3) is 0.385. The molecule has 0 fully saturated rings. The molecule has 1 heterocycles. The smallest absolute Gasteiger partial charge is 0.326 e. The molecule has 0 saturated carbocycles. The third-order valence-electron chi connectivity index (χ3n) is 3.04. The molecule has 2 atom stereocenters. The van der Waals surface area contributed by atoms with Crippen LogP contribution in [-0.2, 0) is 9.59 Å². The summed E-state index contributed by atoms with van der Waals surface area (Å²) >= 11 is 0. The first kappa shape index (κ1) is 12.4. The van der Waals surface area contributed by atoms with E-state index in [4.69, 9.17) is 9.84 Å². The summed E-state index contributed by atoms with van der Waals surface area (Å²) in [6.07, 6.45) is 0.357. The second-order valence-corrected chi connectivity index (χ2v) is 4.21. The number of amides is 1.